The molecule has 1 atom stereocenters. The van der Waals surface area contributed by atoms with E-state index in [1.54, 1.807) is 12.1 Å². The molecule has 1 aliphatic heterocycles. The van der Waals surface area contributed by atoms with E-state index < -0.39 is 0 Å². The largest absolute Gasteiger partial charge is 0.375 e. The van der Waals surface area contributed by atoms with Crippen LogP contribution in [0.1, 0.15) is 37.8 Å². The Kier molecular flexibility index (Phi) is 5.17. The molecule has 2 aromatic carbocycles. The monoisotopic (exact) mass is 378 g/mol. The van der Waals surface area contributed by atoms with Crippen molar-refractivity contribution in [1.82, 2.24) is 10.3 Å². The van der Waals surface area contributed by atoms with E-state index in [2.05, 4.69) is 50.4 Å². The smallest absolute Gasteiger partial charge is 0.123 e. The van der Waals surface area contributed by atoms with E-state index >= 15 is 0 Å². The maximum atomic E-state index is 13.4. The van der Waals surface area contributed by atoms with Gasteiger partial charge in [0.2, 0.25) is 0 Å². The lowest BCUT2D eigenvalue weighted by atomic mass is 9.93. The second-order valence-corrected chi connectivity index (χ2v) is 8.38. The van der Waals surface area contributed by atoms with Gasteiger partial charge in [-0.15, -0.1) is 0 Å². The number of nitrogens with one attached hydrogen (secondary N) is 1. The van der Waals surface area contributed by atoms with Crippen LogP contribution >= 0.6 is 0 Å². The minimum atomic E-state index is -0.232. The second kappa shape index (κ2) is 7.61. The summed E-state index contributed by atoms with van der Waals surface area (Å²) in [5, 5.41) is 4.83. The molecule has 1 saturated heterocycles. The molecular formula is C24H27FN2O. The molecule has 3 aromatic rings. The van der Waals surface area contributed by atoms with Gasteiger partial charge in [-0.25, -0.2) is 9.37 Å². The summed E-state index contributed by atoms with van der Waals surface area (Å²) in [5.41, 5.74) is 5.07. The predicted octanol–water partition coefficient (Wildman–Crippen LogP) is 5.40. The minimum Gasteiger partial charge on any atom is -0.375 e. The Labute approximate surface area is 165 Å². The summed E-state index contributed by atoms with van der Waals surface area (Å²) in [5.74, 6) is -0.232. The molecule has 0 radical (unpaired) electrons. The maximum Gasteiger partial charge on any atom is 0.123 e. The van der Waals surface area contributed by atoms with Crippen LogP contribution < -0.4 is 5.32 Å². The van der Waals surface area contributed by atoms with Gasteiger partial charge < -0.3 is 10.1 Å². The first-order chi connectivity index (χ1) is 13.4. The Balaban J connectivity index is 1.68. The van der Waals surface area contributed by atoms with Crippen LogP contribution in [0.4, 0.5) is 4.39 Å². The fraction of sp³-hybridized carbons (Fsp3) is 0.375. The number of rotatable bonds is 4. The Morgan fingerprint density at radius 1 is 1.14 bits per heavy atom. The van der Waals surface area contributed by atoms with Gasteiger partial charge in [0.05, 0.1) is 16.8 Å². The van der Waals surface area contributed by atoms with Gasteiger partial charge in [0.15, 0.2) is 0 Å². The summed E-state index contributed by atoms with van der Waals surface area (Å²) >= 11 is 0. The average Bonchev–Trinajstić information content (AvgIpc) is 2.65. The van der Waals surface area contributed by atoms with Crippen molar-refractivity contribution in [1.29, 1.82) is 0 Å². The van der Waals surface area contributed by atoms with Crippen LogP contribution in [0, 0.1) is 12.7 Å². The van der Waals surface area contributed by atoms with Crippen molar-refractivity contribution in [2.24, 2.45) is 0 Å². The van der Waals surface area contributed by atoms with E-state index in [9.17, 15) is 4.39 Å². The molecule has 0 bridgehead atoms. The third-order valence-corrected chi connectivity index (χ3v) is 5.45. The normalized spacial score (nSPS) is 19.1. The lowest BCUT2D eigenvalue weighted by molar-refractivity contribution is -0.0630. The lowest BCUT2D eigenvalue weighted by Gasteiger charge is -2.36. The van der Waals surface area contributed by atoms with E-state index in [0.717, 1.165) is 53.7 Å². The maximum absolute atomic E-state index is 13.4. The van der Waals surface area contributed by atoms with Crippen molar-refractivity contribution in [3.8, 4) is 11.3 Å². The Morgan fingerprint density at radius 3 is 2.68 bits per heavy atom. The summed E-state index contributed by atoms with van der Waals surface area (Å²) in [6.45, 7) is 7.89. The summed E-state index contributed by atoms with van der Waals surface area (Å²) in [7, 11) is 0. The highest BCUT2D eigenvalue weighted by Crippen LogP contribution is 2.28. The predicted molar refractivity (Wildman–Crippen MR) is 112 cm³/mol. The third kappa shape index (κ3) is 4.23. The van der Waals surface area contributed by atoms with Gasteiger partial charge in [-0.2, -0.15) is 0 Å². The second-order valence-electron chi connectivity index (χ2n) is 8.38. The molecule has 1 unspecified atom stereocenters. The fourth-order valence-electron chi connectivity index (χ4n) is 3.99. The molecule has 0 amide bonds. The number of pyridine rings is 1. The van der Waals surface area contributed by atoms with Gasteiger partial charge >= 0.3 is 0 Å². The molecule has 1 N–H and O–H groups in total. The number of benzene rings is 2. The van der Waals surface area contributed by atoms with Gasteiger partial charge in [0.25, 0.3) is 0 Å². The number of aryl methyl sites for hydroxylation is 1. The molecule has 28 heavy (non-hydrogen) atoms. The molecule has 1 aliphatic rings. The zero-order valence-corrected chi connectivity index (χ0v) is 16.8. The van der Waals surface area contributed by atoms with E-state index in [-0.39, 0.29) is 11.4 Å². The van der Waals surface area contributed by atoms with Crippen LogP contribution in [0.15, 0.2) is 48.5 Å². The first-order valence-corrected chi connectivity index (χ1v) is 9.93. The van der Waals surface area contributed by atoms with E-state index in [1.807, 2.05) is 0 Å². The first-order valence-electron chi connectivity index (χ1n) is 9.93. The number of nitrogens with zero attached hydrogens (tertiary/aromatic N) is 1. The van der Waals surface area contributed by atoms with Gasteiger partial charge in [-0.05, 0) is 81.6 Å². The summed E-state index contributed by atoms with van der Waals surface area (Å²) in [4.78, 5) is 4.92. The molecule has 1 aromatic heterocycles. The van der Waals surface area contributed by atoms with Gasteiger partial charge in [0, 0.05) is 30.1 Å². The summed E-state index contributed by atoms with van der Waals surface area (Å²) in [6.07, 6.45) is 1.99. The van der Waals surface area contributed by atoms with Crippen molar-refractivity contribution in [2.45, 2.75) is 51.8 Å². The Hall–Kier alpha value is -2.30. The Bertz CT molecular complexity index is 982. The fourth-order valence-corrected chi connectivity index (χ4v) is 3.99. The zero-order chi connectivity index (χ0) is 19.7. The van der Waals surface area contributed by atoms with Crippen LogP contribution in [-0.2, 0) is 11.3 Å². The number of halogens is 1. The highest BCUT2D eigenvalue weighted by atomic mass is 19.1. The topological polar surface area (TPSA) is 34.2 Å². The van der Waals surface area contributed by atoms with E-state index in [4.69, 9.17) is 9.72 Å². The highest BCUT2D eigenvalue weighted by molar-refractivity contribution is 5.84. The minimum absolute atomic E-state index is 0.0888. The highest BCUT2D eigenvalue weighted by Gasteiger charge is 2.28. The van der Waals surface area contributed by atoms with Gasteiger partial charge in [-0.3, -0.25) is 0 Å². The van der Waals surface area contributed by atoms with Crippen LogP contribution in [0.5, 0.6) is 0 Å². The first kappa shape index (κ1) is 19.0. The number of aromatic nitrogens is 1. The summed E-state index contributed by atoms with van der Waals surface area (Å²) < 4.78 is 19.3. The van der Waals surface area contributed by atoms with Crippen molar-refractivity contribution < 1.29 is 9.13 Å². The number of hydrogen-bond donors (Lipinski definition) is 1. The molecule has 0 spiro atoms. The van der Waals surface area contributed by atoms with Gasteiger partial charge in [0.1, 0.15) is 5.82 Å². The number of fused-ring (bicyclic) bond motifs is 1. The van der Waals surface area contributed by atoms with Crippen LogP contribution in [0.25, 0.3) is 22.2 Å². The lowest BCUT2D eigenvalue weighted by Crippen LogP contribution is -2.43. The van der Waals surface area contributed by atoms with Crippen molar-refractivity contribution in [2.75, 3.05) is 6.61 Å². The zero-order valence-electron chi connectivity index (χ0n) is 16.8. The van der Waals surface area contributed by atoms with Crippen molar-refractivity contribution in [3.05, 3.63) is 65.5 Å². The van der Waals surface area contributed by atoms with Gasteiger partial charge in [-0.1, -0.05) is 11.6 Å². The number of ether oxygens (including phenoxy) is 1. The molecule has 3 nitrogen and oxygen atoms in total. The molecular weight excluding hydrogens is 351 g/mol. The van der Waals surface area contributed by atoms with Crippen molar-refractivity contribution >= 4 is 10.9 Å². The SMILES string of the molecule is Cc1ccc2nc(-c3ccc(F)cc3)c(CNC3CCOC(C)(C)C3)cc2c1. The molecule has 4 rings (SSSR count). The standard InChI is InChI=1S/C24H27FN2O/c1-16-4-9-22-18(12-16)13-19(15-26-21-10-11-28-24(2,3)14-21)23(27-22)17-5-7-20(25)8-6-17/h4-9,12-13,21,26H,10-11,14-15H2,1-3H3. The van der Waals surface area contributed by atoms with Crippen molar-refractivity contribution in [3.63, 3.8) is 0 Å². The van der Waals surface area contributed by atoms with E-state index in [0.29, 0.717) is 6.04 Å². The number of hydrogen-bond acceptors (Lipinski definition) is 3. The Morgan fingerprint density at radius 2 is 1.93 bits per heavy atom. The molecule has 2 heterocycles. The molecule has 1 fully saturated rings. The van der Waals surface area contributed by atoms with E-state index in [1.165, 1.54) is 17.7 Å². The third-order valence-electron chi connectivity index (χ3n) is 5.45. The molecule has 0 aliphatic carbocycles. The average molecular weight is 378 g/mol. The molecule has 146 valence electrons. The van der Waals surface area contributed by atoms with Crippen LogP contribution in [0.3, 0.4) is 0 Å². The summed E-state index contributed by atoms with van der Waals surface area (Å²) in [6, 6.07) is 15.5. The quantitative estimate of drug-likeness (QED) is 0.660. The van der Waals surface area contributed by atoms with Crippen LogP contribution in [0.2, 0.25) is 0 Å². The van der Waals surface area contributed by atoms with Crippen LogP contribution in [-0.4, -0.2) is 23.2 Å². The molecule has 4 heteroatoms. The molecule has 0 saturated carbocycles.